The molecule has 0 spiro atoms. The second-order valence-corrected chi connectivity index (χ2v) is 12.2. The summed E-state index contributed by atoms with van der Waals surface area (Å²) in [5.41, 5.74) is 1.00. The Hall–Kier alpha value is -1.99. The Morgan fingerprint density at radius 3 is 2.37 bits per heavy atom. The molecule has 2 bridgehead atoms. The SMILES string of the molecule is Cc1ccc(CCCCN(C)[C@@H]2CC3CCC2C3OC(=O)C(O)(c2cccs2)c2cccs2)cc1. The maximum atomic E-state index is 13.5. The van der Waals surface area contributed by atoms with Gasteiger partial charge in [-0.05, 0) is 93.4 Å². The number of hydrogen-bond acceptors (Lipinski definition) is 6. The van der Waals surface area contributed by atoms with E-state index in [4.69, 9.17) is 4.74 Å². The summed E-state index contributed by atoms with van der Waals surface area (Å²) in [6.07, 6.45) is 6.64. The zero-order valence-electron chi connectivity index (χ0n) is 20.6. The van der Waals surface area contributed by atoms with E-state index in [2.05, 4.69) is 43.1 Å². The number of benzene rings is 1. The maximum Gasteiger partial charge on any atom is 0.349 e. The van der Waals surface area contributed by atoms with Crippen LogP contribution in [0.3, 0.4) is 0 Å². The van der Waals surface area contributed by atoms with E-state index >= 15 is 0 Å². The first-order valence-electron chi connectivity index (χ1n) is 12.7. The molecule has 2 aliphatic carbocycles. The van der Waals surface area contributed by atoms with E-state index in [1.54, 1.807) is 0 Å². The fraction of sp³-hybridized carbons (Fsp3) is 0.483. The molecule has 0 saturated heterocycles. The number of fused-ring (bicyclic) bond motifs is 2. The number of hydrogen-bond donors (Lipinski definition) is 1. The van der Waals surface area contributed by atoms with Crippen molar-refractivity contribution in [3.05, 3.63) is 80.2 Å². The van der Waals surface area contributed by atoms with E-state index in [-0.39, 0.29) is 6.10 Å². The Balaban J connectivity index is 1.19. The number of ether oxygens (including phenoxy) is 1. The first kappa shape index (κ1) is 24.7. The highest BCUT2D eigenvalue weighted by Crippen LogP contribution is 2.49. The van der Waals surface area contributed by atoms with Gasteiger partial charge < -0.3 is 14.7 Å². The molecule has 2 aliphatic rings. The minimum atomic E-state index is -1.72. The average Bonchev–Trinajstić information content (AvgIpc) is 3.68. The fourth-order valence-corrected chi connectivity index (χ4v) is 7.75. The van der Waals surface area contributed by atoms with Crippen LogP contribution in [0, 0.1) is 18.8 Å². The van der Waals surface area contributed by atoms with Crippen LogP contribution in [0.5, 0.6) is 0 Å². The molecule has 4 nitrogen and oxygen atoms in total. The highest BCUT2D eigenvalue weighted by molar-refractivity contribution is 7.12. The van der Waals surface area contributed by atoms with Gasteiger partial charge in [-0.1, -0.05) is 42.0 Å². The van der Waals surface area contributed by atoms with Gasteiger partial charge in [0, 0.05) is 12.0 Å². The number of rotatable bonds is 10. The van der Waals surface area contributed by atoms with Gasteiger partial charge in [-0.2, -0.15) is 0 Å². The number of esters is 1. The van der Waals surface area contributed by atoms with Crippen molar-refractivity contribution in [1.29, 1.82) is 0 Å². The van der Waals surface area contributed by atoms with Gasteiger partial charge in [0.05, 0.1) is 9.75 Å². The molecular formula is C29H35NO3S2. The molecule has 35 heavy (non-hydrogen) atoms. The smallest absolute Gasteiger partial charge is 0.349 e. The first-order valence-corrected chi connectivity index (χ1v) is 14.5. The zero-order valence-corrected chi connectivity index (χ0v) is 22.2. The van der Waals surface area contributed by atoms with Gasteiger partial charge in [0.1, 0.15) is 6.10 Å². The lowest BCUT2D eigenvalue weighted by Gasteiger charge is -2.32. The molecule has 0 radical (unpaired) electrons. The number of aryl methyl sites for hydroxylation is 2. The number of thiophene rings is 2. The van der Waals surface area contributed by atoms with E-state index in [0.717, 1.165) is 32.2 Å². The molecule has 3 aromatic rings. The van der Waals surface area contributed by atoms with Gasteiger partial charge in [-0.3, -0.25) is 0 Å². The van der Waals surface area contributed by atoms with E-state index in [1.165, 1.54) is 46.6 Å². The molecular weight excluding hydrogens is 474 g/mol. The lowest BCUT2D eigenvalue weighted by molar-refractivity contribution is -0.170. The van der Waals surface area contributed by atoms with Crippen LogP contribution in [0.15, 0.2) is 59.3 Å². The largest absolute Gasteiger partial charge is 0.459 e. The van der Waals surface area contributed by atoms with Gasteiger partial charge in [0.25, 0.3) is 0 Å². The van der Waals surface area contributed by atoms with Crippen LogP contribution in [0.1, 0.15) is 53.0 Å². The normalized spacial score (nSPS) is 23.8. The first-order chi connectivity index (χ1) is 17.0. The second-order valence-electron chi connectivity index (χ2n) is 10.3. The van der Waals surface area contributed by atoms with Crippen molar-refractivity contribution in [1.82, 2.24) is 4.90 Å². The van der Waals surface area contributed by atoms with Crippen molar-refractivity contribution in [2.75, 3.05) is 13.6 Å². The molecule has 2 fully saturated rings. The highest BCUT2D eigenvalue weighted by atomic mass is 32.1. The van der Waals surface area contributed by atoms with E-state index in [1.807, 2.05) is 35.0 Å². The molecule has 6 heteroatoms. The molecule has 0 aliphatic heterocycles. The van der Waals surface area contributed by atoms with E-state index < -0.39 is 11.6 Å². The van der Waals surface area contributed by atoms with Gasteiger partial charge in [-0.25, -0.2) is 4.79 Å². The van der Waals surface area contributed by atoms with Crippen LogP contribution in [-0.4, -0.2) is 41.7 Å². The summed E-state index contributed by atoms with van der Waals surface area (Å²) in [7, 11) is 2.23. The van der Waals surface area contributed by atoms with Crippen LogP contribution in [-0.2, 0) is 21.6 Å². The molecule has 2 saturated carbocycles. The minimum Gasteiger partial charge on any atom is -0.459 e. The molecule has 2 heterocycles. The van der Waals surface area contributed by atoms with Crippen LogP contribution >= 0.6 is 22.7 Å². The predicted molar refractivity (Wildman–Crippen MR) is 143 cm³/mol. The number of carbonyl (C=O) groups is 1. The van der Waals surface area contributed by atoms with E-state index in [0.29, 0.717) is 27.6 Å². The minimum absolute atomic E-state index is 0.103. The standard InChI is InChI=1S/C29H35NO3S2/c1-20-10-12-21(13-11-20)7-3-4-16-30(2)24-19-22-14-15-23(24)27(22)33-28(31)29(32,25-8-5-17-34-25)26-9-6-18-35-26/h5-6,8-13,17-18,22-24,27,32H,3-4,7,14-16,19H2,1-2H3/t22?,23?,24-,27?/m1/s1. The summed E-state index contributed by atoms with van der Waals surface area (Å²) in [6, 6.07) is 16.7. The average molecular weight is 510 g/mol. The highest BCUT2D eigenvalue weighted by Gasteiger charge is 2.54. The monoisotopic (exact) mass is 509 g/mol. The molecule has 5 rings (SSSR count). The van der Waals surface area contributed by atoms with Gasteiger partial charge >= 0.3 is 5.97 Å². The maximum absolute atomic E-state index is 13.5. The van der Waals surface area contributed by atoms with Crippen molar-refractivity contribution in [3.8, 4) is 0 Å². The Labute approximate surface area is 216 Å². The fourth-order valence-electron chi connectivity index (χ4n) is 6.03. The van der Waals surface area contributed by atoms with Crippen LogP contribution < -0.4 is 0 Å². The summed E-state index contributed by atoms with van der Waals surface area (Å²) in [5, 5.41) is 15.4. The number of unbranched alkanes of at least 4 members (excludes halogenated alkanes) is 1. The van der Waals surface area contributed by atoms with Gasteiger partial charge in [0.15, 0.2) is 0 Å². The van der Waals surface area contributed by atoms with Crippen molar-refractivity contribution in [2.45, 2.75) is 63.2 Å². The van der Waals surface area contributed by atoms with Crippen LogP contribution in [0.25, 0.3) is 0 Å². The lowest BCUT2D eigenvalue weighted by atomic mass is 9.94. The second kappa shape index (κ2) is 10.6. The summed E-state index contributed by atoms with van der Waals surface area (Å²) >= 11 is 2.79. The van der Waals surface area contributed by atoms with Crippen molar-refractivity contribution < 1.29 is 14.6 Å². The van der Waals surface area contributed by atoms with Gasteiger partial charge in [-0.15, -0.1) is 22.7 Å². The molecule has 3 unspecified atom stereocenters. The molecule has 186 valence electrons. The third-order valence-corrected chi connectivity index (χ3v) is 9.96. The van der Waals surface area contributed by atoms with Crippen molar-refractivity contribution in [2.24, 2.45) is 11.8 Å². The zero-order chi connectivity index (χ0) is 24.4. The number of nitrogens with zero attached hydrogens (tertiary/aromatic N) is 1. The number of aliphatic hydroxyl groups is 1. The molecule has 0 amide bonds. The topological polar surface area (TPSA) is 49.8 Å². The Morgan fingerprint density at radius 2 is 1.74 bits per heavy atom. The summed E-state index contributed by atoms with van der Waals surface area (Å²) in [4.78, 5) is 17.2. The number of carbonyl (C=O) groups excluding carboxylic acids is 1. The summed E-state index contributed by atoms with van der Waals surface area (Å²) in [5.74, 6) is 0.215. The van der Waals surface area contributed by atoms with E-state index in [9.17, 15) is 9.90 Å². The third-order valence-electron chi connectivity index (χ3n) is 8.00. The van der Waals surface area contributed by atoms with Gasteiger partial charge in [0.2, 0.25) is 5.60 Å². The quantitative estimate of drug-likeness (QED) is 0.268. The summed E-state index contributed by atoms with van der Waals surface area (Å²) < 4.78 is 6.18. The molecule has 4 atom stereocenters. The molecule has 1 N–H and O–H groups in total. The Bertz CT molecular complexity index is 1060. The molecule has 2 aromatic heterocycles. The molecule has 1 aromatic carbocycles. The van der Waals surface area contributed by atoms with Crippen molar-refractivity contribution >= 4 is 28.6 Å². The predicted octanol–water partition coefficient (Wildman–Crippen LogP) is 6.02. The summed E-state index contributed by atoms with van der Waals surface area (Å²) in [6.45, 7) is 3.19. The Morgan fingerprint density at radius 1 is 1.06 bits per heavy atom. The van der Waals surface area contributed by atoms with Crippen molar-refractivity contribution in [3.63, 3.8) is 0 Å². The van der Waals surface area contributed by atoms with Crippen LogP contribution in [0.4, 0.5) is 0 Å². The van der Waals surface area contributed by atoms with Crippen LogP contribution in [0.2, 0.25) is 0 Å². The lowest BCUT2D eigenvalue weighted by Crippen LogP contribution is -2.42. The third kappa shape index (κ3) is 4.99. The Kier molecular flexibility index (Phi) is 7.44.